The highest BCUT2D eigenvalue weighted by molar-refractivity contribution is 7.97. The van der Waals surface area contributed by atoms with Gasteiger partial charge in [0.05, 0.1) is 13.2 Å². The van der Waals surface area contributed by atoms with Gasteiger partial charge in [-0.25, -0.2) is 8.42 Å². The molecule has 0 bridgehead atoms. The average molecular weight is 426 g/mol. The molecule has 4 rings (SSSR count). The summed E-state index contributed by atoms with van der Waals surface area (Å²) in [6, 6.07) is 11.6. The first kappa shape index (κ1) is 20.3. The number of hydrogen-bond donors (Lipinski definition) is 1. The summed E-state index contributed by atoms with van der Waals surface area (Å²) in [6.07, 6.45) is 0. The van der Waals surface area contributed by atoms with Gasteiger partial charge in [-0.2, -0.15) is 0 Å². The van der Waals surface area contributed by atoms with E-state index in [0.717, 1.165) is 11.1 Å². The van der Waals surface area contributed by atoms with E-state index in [4.69, 9.17) is 4.74 Å². The van der Waals surface area contributed by atoms with Crippen molar-refractivity contribution in [1.82, 2.24) is 4.90 Å². The Labute approximate surface area is 175 Å². The van der Waals surface area contributed by atoms with Crippen LogP contribution in [0.15, 0.2) is 53.1 Å². The highest BCUT2D eigenvalue weighted by Gasteiger charge is 2.41. The third-order valence-corrected chi connectivity index (χ3v) is 6.54. The van der Waals surface area contributed by atoms with Gasteiger partial charge in [0.2, 0.25) is 11.6 Å². The SMILES string of the molecule is Cc1cc(C)cc(NS(=O)(=O)C2=C(N3CCOCC3)C(=O)c3ccccc3C2=O)c1. The lowest BCUT2D eigenvalue weighted by Gasteiger charge is -2.33. The van der Waals surface area contributed by atoms with Crippen LogP contribution in [-0.2, 0) is 14.8 Å². The Morgan fingerprint density at radius 2 is 1.47 bits per heavy atom. The van der Waals surface area contributed by atoms with Crippen LogP contribution in [0.1, 0.15) is 31.8 Å². The van der Waals surface area contributed by atoms with Gasteiger partial charge >= 0.3 is 0 Å². The molecule has 7 nitrogen and oxygen atoms in total. The molecular weight excluding hydrogens is 404 g/mol. The quantitative estimate of drug-likeness (QED) is 0.808. The van der Waals surface area contributed by atoms with Gasteiger partial charge in [0, 0.05) is 29.9 Å². The van der Waals surface area contributed by atoms with Gasteiger partial charge in [0.15, 0.2) is 4.91 Å². The Kier molecular flexibility index (Phi) is 5.21. The smallest absolute Gasteiger partial charge is 0.268 e. The van der Waals surface area contributed by atoms with Crippen LogP contribution in [0.3, 0.4) is 0 Å². The summed E-state index contributed by atoms with van der Waals surface area (Å²) >= 11 is 0. The Morgan fingerprint density at radius 1 is 0.900 bits per heavy atom. The maximum Gasteiger partial charge on any atom is 0.268 e. The molecule has 1 heterocycles. The van der Waals surface area contributed by atoms with Crippen LogP contribution < -0.4 is 4.72 Å². The summed E-state index contributed by atoms with van der Waals surface area (Å²) in [5.74, 6) is -1.14. The van der Waals surface area contributed by atoms with Gasteiger partial charge in [0.1, 0.15) is 5.70 Å². The molecule has 0 atom stereocenters. The predicted octanol–water partition coefficient (Wildman–Crippen LogP) is 2.67. The number of ketones is 2. The van der Waals surface area contributed by atoms with Crippen molar-refractivity contribution < 1.29 is 22.7 Å². The van der Waals surface area contributed by atoms with E-state index >= 15 is 0 Å². The van der Waals surface area contributed by atoms with Crippen molar-refractivity contribution in [3.05, 3.63) is 75.3 Å². The third-order valence-electron chi connectivity index (χ3n) is 5.12. The molecule has 1 aliphatic carbocycles. The summed E-state index contributed by atoms with van der Waals surface area (Å²) < 4.78 is 34.6. The molecule has 156 valence electrons. The van der Waals surface area contributed by atoms with Crippen molar-refractivity contribution in [3.8, 4) is 0 Å². The zero-order valence-electron chi connectivity index (χ0n) is 16.8. The van der Waals surface area contributed by atoms with E-state index in [1.807, 2.05) is 19.9 Å². The largest absolute Gasteiger partial charge is 0.378 e. The molecule has 0 aromatic heterocycles. The average Bonchev–Trinajstić information content (AvgIpc) is 2.70. The molecule has 2 aliphatic rings. The topological polar surface area (TPSA) is 92.8 Å². The number of rotatable bonds is 4. The maximum atomic E-state index is 13.4. The van der Waals surface area contributed by atoms with Gasteiger partial charge in [-0.1, -0.05) is 30.3 Å². The molecule has 30 heavy (non-hydrogen) atoms. The molecule has 0 radical (unpaired) electrons. The Bertz CT molecular complexity index is 1160. The molecule has 1 aliphatic heterocycles. The van der Waals surface area contributed by atoms with Crippen LogP contribution in [-0.4, -0.2) is 51.2 Å². The minimum atomic E-state index is -4.32. The lowest BCUT2D eigenvalue weighted by molar-refractivity contribution is 0.0499. The summed E-state index contributed by atoms with van der Waals surface area (Å²) in [5, 5.41) is 0. The van der Waals surface area contributed by atoms with Crippen molar-refractivity contribution in [2.45, 2.75) is 13.8 Å². The van der Waals surface area contributed by atoms with E-state index in [2.05, 4.69) is 4.72 Å². The van der Waals surface area contributed by atoms with Gasteiger partial charge in [-0.15, -0.1) is 0 Å². The third kappa shape index (κ3) is 3.64. The minimum Gasteiger partial charge on any atom is -0.378 e. The number of carbonyl (C=O) groups excluding carboxylic acids is 2. The highest BCUT2D eigenvalue weighted by atomic mass is 32.2. The minimum absolute atomic E-state index is 0.0844. The number of sulfonamides is 1. The molecule has 1 N–H and O–H groups in total. The number of Topliss-reactive ketones (excluding diaryl/α,β-unsaturated/α-hetero) is 2. The molecule has 1 fully saturated rings. The van der Waals surface area contributed by atoms with Crippen molar-refractivity contribution >= 4 is 27.3 Å². The van der Waals surface area contributed by atoms with Crippen molar-refractivity contribution in [2.24, 2.45) is 0 Å². The predicted molar refractivity (Wildman–Crippen MR) is 113 cm³/mol. The van der Waals surface area contributed by atoms with E-state index < -0.39 is 26.5 Å². The molecule has 2 aromatic carbocycles. The molecular formula is C22H22N2O5S. The second kappa shape index (κ2) is 7.70. The van der Waals surface area contributed by atoms with Crippen LogP contribution in [0.25, 0.3) is 0 Å². The fourth-order valence-corrected chi connectivity index (χ4v) is 5.26. The van der Waals surface area contributed by atoms with Gasteiger partial charge in [-0.3, -0.25) is 14.3 Å². The molecule has 8 heteroatoms. The van der Waals surface area contributed by atoms with E-state index in [9.17, 15) is 18.0 Å². The number of anilines is 1. The van der Waals surface area contributed by atoms with Crippen molar-refractivity contribution in [3.63, 3.8) is 0 Å². The fraction of sp³-hybridized carbons (Fsp3) is 0.273. The van der Waals surface area contributed by atoms with E-state index in [1.165, 1.54) is 6.07 Å². The van der Waals surface area contributed by atoms with Crippen LogP contribution in [0.4, 0.5) is 5.69 Å². The number of allylic oxidation sites excluding steroid dienone is 2. The number of hydrogen-bond acceptors (Lipinski definition) is 6. The summed E-state index contributed by atoms with van der Waals surface area (Å²) in [6.45, 7) is 5.08. The standard InChI is InChI=1S/C22H22N2O5S/c1-14-11-15(2)13-16(12-14)23-30(27,28)22-19(24-7-9-29-10-8-24)20(25)17-5-3-4-6-18(17)21(22)26/h3-6,11-13,23H,7-10H2,1-2H3. The van der Waals surface area contributed by atoms with Crippen LogP contribution in [0.5, 0.6) is 0 Å². The van der Waals surface area contributed by atoms with Gasteiger partial charge in [0.25, 0.3) is 10.0 Å². The Balaban J connectivity index is 1.87. The summed E-state index contributed by atoms with van der Waals surface area (Å²) in [4.78, 5) is 27.7. The lowest BCUT2D eigenvalue weighted by atomic mass is 9.91. The highest BCUT2D eigenvalue weighted by Crippen LogP contribution is 2.32. The molecule has 0 spiro atoms. The van der Waals surface area contributed by atoms with Crippen LogP contribution in [0, 0.1) is 13.8 Å². The van der Waals surface area contributed by atoms with Gasteiger partial charge in [-0.05, 0) is 37.1 Å². The molecule has 0 amide bonds. The number of nitrogens with one attached hydrogen (secondary N) is 1. The van der Waals surface area contributed by atoms with Gasteiger partial charge < -0.3 is 9.64 Å². The number of nitrogens with zero attached hydrogens (tertiary/aromatic N) is 1. The normalized spacial score (nSPS) is 17.2. The van der Waals surface area contributed by atoms with Crippen LogP contribution in [0.2, 0.25) is 0 Å². The summed E-state index contributed by atoms with van der Waals surface area (Å²) in [7, 11) is -4.32. The zero-order chi connectivity index (χ0) is 21.5. The number of morpholine rings is 1. The molecule has 1 saturated heterocycles. The number of ether oxygens (including phenoxy) is 1. The fourth-order valence-electron chi connectivity index (χ4n) is 3.90. The number of fused-ring (bicyclic) bond motifs is 1. The van der Waals surface area contributed by atoms with Crippen LogP contribution >= 0.6 is 0 Å². The van der Waals surface area contributed by atoms with Crippen molar-refractivity contribution in [2.75, 3.05) is 31.0 Å². The Morgan fingerprint density at radius 3 is 2.07 bits per heavy atom. The number of benzene rings is 2. The van der Waals surface area contributed by atoms with E-state index in [0.29, 0.717) is 32.0 Å². The second-order valence-electron chi connectivity index (χ2n) is 7.46. The van der Waals surface area contributed by atoms with E-state index in [-0.39, 0.29) is 16.8 Å². The molecule has 0 saturated carbocycles. The zero-order valence-corrected chi connectivity index (χ0v) is 17.6. The molecule has 0 unspecified atom stereocenters. The molecule has 2 aromatic rings. The monoisotopic (exact) mass is 426 g/mol. The number of carbonyl (C=O) groups is 2. The second-order valence-corrected chi connectivity index (χ2v) is 9.08. The maximum absolute atomic E-state index is 13.4. The van der Waals surface area contributed by atoms with Crippen molar-refractivity contribution in [1.29, 1.82) is 0 Å². The first-order chi connectivity index (χ1) is 14.3. The van der Waals surface area contributed by atoms with E-state index in [1.54, 1.807) is 35.2 Å². The lowest BCUT2D eigenvalue weighted by Crippen LogP contribution is -2.43. The first-order valence-corrected chi connectivity index (χ1v) is 11.1. The Hall–Kier alpha value is -2.97. The number of aryl methyl sites for hydroxylation is 2. The summed E-state index contributed by atoms with van der Waals surface area (Å²) in [5.41, 5.74) is 2.34. The first-order valence-electron chi connectivity index (χ1n) is 9.64.